The number of rotatable bonds is 2. The van der Waals surface area contributed by atoms with Crippen LogP contribution < -0.4 is 5.01 Å². The molecule has 0 saturated heterocycles. The van der Waals surface area contributed by atoms with E-state index in [1.54, 1.807) is 0 Å². The molecule has 0 saturated carbocycles. The minimum atomic E-state index is -0.392. The van der Waals surface area contributed by atoms with E-state index in [1.165, 1.54) is 11.9 Å². The Bertz CT molecular complexity index is 845. The number of para-hydroxylation sites is 1. The Kier molecular flexibility index (Phi) is 3.41. The molecular weight excluding hydrogens is 302 g/mol. The van der Waals surface area contributed by atoms with Gasteiger partial charge in [0, 0.05) is 19.9 Å². The predicted molar refractivity (Wildman–Crippen MR) is 91.5 cm³/mol. The van der Waals surface area contributed by atoms with Gasteiger partial charge in [-0.3, -0.25) is 9.59 Å². The number of benzene rings is 2. The number of amidine groups is 1. The third-order valence-electron chi connectivity index (χ3n) is 4.52. The fraction of sp³-hybridized carbons (Fsp3) is 0.211. The zero-order chi connectivity index (χ0) is 16.7. The number of hydrazone groups is 1. The minimum absolute atomic E-state index is 0.0966. The first-order valence-electron chi connectivity index (χ1n) is 7.97. The van der Waals surface area contributed by atoms with Gasteiger partial charge in [-0.2, -0.15) is 5.01 Å². The number of anilines is 1. The second-order valence-corrected chi connectivity index (χ2v) is 6.08. The Balaban J connectivity index is 1.80. The predicted octanol–water partition coefficient (Wildman–Crippen LogP) is 2.36. The third-order valence-corrected chi connectivity index (χ3v) is 4.52. The lowest BCUT2D eigenvalue weighted by Gasteiger charge is -2.42. The number of hydrogen-bond donors (Lipinski definition) is 0. The molecule has 2 aromatic carbocycles. The number of amides is 1. The topological polar surface area (TPSA) is 53.0 Å². The van der Waals surface area contributed by atoms with E-state index in [2.05, 4.69) is 5.10 Å². The maximum atomic E-state index is 13.0. The second-order valence-electron chi connectivity index (χ2n) is 6.08. The summed E-state index contributed by atoms with van der Waals surface area (Å²) in [5, 5.41) is 5.73. The van der Waals surface area contributed by atoms with Crippen LogP contribution in [-0.4, -0.2) is 28.5 Å². The highest BCUT2D eigenvalue weighted by atomic mass is 16.2. The molecule has 0 fully saturated rings. The van der Waals surface area contributed by atoms with Gasteiger partial charge in [-0.15, -0.1) is 5.10 Å². The van der Waals surface area contributed by atoms with Crippen LogP contribution in [0.15, 0.2) is 59.7 Å². The van der Waals surface area contributed by atoms with E-state index >= 15 is 0 Å². The van der Waals surface area contributed by atoms with Crippen LogP contribution in [0.5, 0.6) is 0 Å². The molecule has 0 aliphatic carbocycles. The van der Waals surface area contributed by atoms with Gasteiger partial charge in [-0.1, -0.05) is 42.5 Å². The number of hydrogen-bond acceptors (Lipinski definition) is 4. The van der Waals surface area contributed by atoms with E-state index in [4.69, 9.17) is 0 Å². The van der Waals surface area contributed by atoms with Crippen molar-refractivity contribution in [3.8, 4) is 0 Å². The summed E-state index contributed by atoms with van der Waals surface area (Å²) in [5.74, 6) is 0.117. The molecule has 2 aromatic rings. The molecule has 5 heteroatoms. The van der Waals surface area contributed by atoms with Gasteiger partial charge in [-0.25, -0.2) is 0 Å². The quantitative estimate of drug-likeness (QED) is 0.854. The molecule has 24 heavy (non-hydrogen) atoms. The van der Waals surface area contributed by atoms with Crippen molar-refractivity contribution >= 4 is 23.2 Å². The number of fused-ring (bicyclic) bond motifs is 2. The number of nitrogens with zero attached hydrogens (tertiary/aromatic N) is 3. The van der Waals surface area contributed by atoms with E-state index in [0.717, 1.165) is 11.1 Å². The summed E-state index contributed by atoms with van der Waals surface area (Å²) in [6, 6.07) is 16.9. The lowest BCUT2D eigenvalue weighted by atomic mass is 9.92. The number of Topliss-reactive ketones (excluding diaryl/α,β-unsaturated/α-hetero) is 1. The van der Waals surface area contributed by atoms with Crippen LogP contribution in [-0.2, 0) is 22.6 Å². The third kappa shape index (κ3) is 2.29. The summed E-state index contributed by atoms with van der Waals surface area (Å²) < 4.78 is 0. The van der Waals surface area contributed by atoms with Crippen molar-refractivity contribution in [2.75, 3.05) is 5.01 Å². The second kappa shape index (κ2) is 5.60. The molecule has 1 amide bonds. The van der Waals surface area contributed by atoms with Crippen molar-refractivity contribution < 1.29 is 9.59 Å². The Morgan fingerprint density at radius 3 is 2.42 bits per heavy atom. The normalized spacial score (nSPS) is 19.5. The fourth-order valence-electron chi connectivity index (χ4n) is 3.34. The first-order valence-corrected chi connectivity index (χ1v) is 7.97. The first-order chi connectivity index (χ1) is 11.6. The van der Waals surface area contributed by atoms with E-state index < -0.39 is 6.04 Å². The lowest BCUT2D eigenvalue weighted by Crippen LogP contribution is -2.58. The van der Waals surface area contributed by atoms with Crippen molar-refractivity contribution in [3.05, 3.63) is 65.7 Å². The van der Waals surface area contributed by atoms with Crippen LogP contribution in [0, 0.1) is 0 Å². The maximum absolute atomic E-state index is 13.0. The summed E-state index contributed by atoms with van der Waals surface area (Å²) in [7, 11) is 0. The number of carbonyl (C=O) groups is 2. The van der Waals surface area contributed by atoms with E-state index in [-0.39, 0.29) is 11.7 Å². The first kappa shape index (κ1) is 14.6. The SMILES string of the molecule is CC(=O)C1=NN(c2ccccc2)C(=O)C2Cc3ccccc3CN12. The van der Waals surface area contributed by atoms with Gasteiger partial charge in [0.25, 0.3) is 5.91 Å². The molecule has 0 bridgehead atoms. The van der Waals surface area contributed by atoms with Crippen molar-refractivity contribution in [2.45, 2.75) is 25.9 Å². The zero-order valence-electron chi connectivity index (χ0n) is 13.3. The Labute approximate surface area is 140 Å². The van der Waals surface area contributed by atoms with E-state index in [9.17, 15) is 9.59 Å². The molecule has 0 radical (unpaired) electrons. The van der Waals surface area contributed by atoms with E-state index in [0.29, 0.717) is 24.5 Å². The Morgan fingerprint density at radius 2 is 1.71 bits per heavy atom. The molecule has 1 unspecified atom stereocenters. The molecule has 1 atom stereocenters. The van der Waals surface area contributed by atoms with Crippen molar-refractivity contribution in [1.82, 2.24) is 4.90 Å². The molecule has 0 N–H and O–H groups in total. The van der Waals surface area contributed by atoms with Gasteiger partial charge >= 0.3 is 0 Å². The standard InChI is InChI=1S/C19H17N3O2/c1-13(23)18-20-22(16-9-3-2-4-10-16)19(24)17-11-14-7-5-6-8-15(14)12-21(17)18/h2-10,17H,11-12H2,1H3. The van der Waals surface area contributed by atoms with Gasteiger partial charge < -0.3 is 4.90 Å². The molecule has 120 valence electrons. The van der Waals surface area contributed by atoms with Crippen LogP contribution in [0.1, 0.15) is 18.1 Å². The molecule has 0 spiro atoms. The molecule has 2 heterocycles. The summed E-state index contributed by atoms with van der Waals surface area (Å²) in [5.41, 5.74) is 2.98. The summed E-state index contributed by atoms with van der Waals surface area (Å²) in [6.07, 6.45) is 0.588. The molecule has 4 rings (SSSR count). The number of carbonyl (C=O) groups excluding carboxylic acids is 2. The van der Waals surface area contributed by atoms with Crippen molar-refractivity contribution in [1.29, 1.82) is 0 Å². The molecule has 5 nitrogen and oxygen atoms in total. The molecule has 2 aliphatic rings. The van der Waals surface area contributed by atoms with Gasteiger partial charge in [0.05, 0.1) is 5.69 Å². The minimum Gasteiger partial charge on any atom is -0.335 e. The van der Waals surface area contributed by atoms with Crippen LogP contribution in [0.25, 0.3) is 0 Å². The molecule has 0 aromatic heterocycles. The van der Waals surface area contributed by atoms with Gasteiger partial charge in [0.15, 0.2) is 11.6 Å². The largest absolute Gasteiger partial charge is 0.335 e. The maximum Gasteiger partial charge on any atom is 0.270 e. The molecule has 2 aliphatic heterocycles. The fourth-order valence-corrected chi connectivity index (χ4v) is 3.34. The van der Waals surface area contributed by atoms with E-state index in [1.807, 2.05) is 59.5 Å². The Morgan fingerprint density at radius 1 is 1.04 bits per heavy atom. The summed E-state index contributed by atoms with van der Waals surface area (Å²) in [6.45, 7) is 2.03. The highest BCUT2D eigenvalue weighted by Crippen LogP contribution is 2.30. The smallest absolute Gasteiger partial charge is 0.270 e. The zero-order valence-corrected chi connectivity index (χ0v) is 13.3. The molecular formula is C19H17N3O2. The van der Waals surface area contributed by atoms with Crippen molar-refractivity contribution in [3.63, 3.8) is 0 Å². The van der Waals surface area contributed by atoms with Crippen LogP contribution in [0.3, 0.4) is 0 Å². The van der Waals surface area contributed by atoms with Crippen LogP contribution in [0.4, 0.5) is 5.69 Å². The highest BCUT2D eigenvalue weighted by molar-refractivity contribution is 6.39. The monoisotopic (exact) mass is 319 g/mol. The Hall–Kier alpha value is -2.95. The summed E-state index contributed by atoms with van der Waals surface area (Å²) in [4.78, 5) is 27.0. The lowest BCUT2D eigenvalue weighted by molar-refractivity contribution is -0.124. The van der Waals surface area contributed by atoms with Crippen LogP contribution >= 0.6 is 0 Å². The van der Waals surface area contributed by atoms with Gasteiger partial charge in [0.2, 0.25) is 0 Å². The number of ketones is 1. The van der Waals surface area contributed by atoms with Gasteiger partial charge in [-0.05, 0) is 23.3 Å². The highest BCUT2D eigenvalue weighted by Gasteiger charge is 2.41. The van der Waals surface area contributed by atoms with Crippen LogP contribution in [0.2, 0.25) is 0 Å². The summed E-state index contributed by atoms with van der Waals surface area (Å²) >= 11 is 0. The van der Waals surface area contributed by atoms with Gasteiger partial charge in [0.1, 0.15) is 6.04 Å². The average Bonchev–Trinajstić information content (AvgIpc) is 2.61. The average molecular weight is 319 g/mol. The van der Waals surface area contributed by atoms with Crippen molar-refractivity contribution in [2.24, 2.45) is 5.10 Å².